The lowest BCUT2D eigenvalue weighted by molar-refractivity contribution is 0.597. The van der Waals surface area contributed by atoms with Crippen LogP contribution in [0.4, 0.5) is 0 Å². The minimum atomic E-state index is -3.05. The van der Waals surface area contributed by atoms with Gasteiger partial charge in [0.25, 0.3) is 0 Å². The standard InChI is InChI=1S/C9H11NO2S/c10-5-7-6-13(11,12)9-4-2-1-3-8(7)9/h1-4,7H,5-6,10H2/t7-/m0/s1. The maximum Gasteiger partial charge on any atom is 0.179 e. The zero-order chi connectivity index (χ0) is 9.47. The molecule has 0 spiro atoms. The predicted molar refractivity (Wildman–Crippen MR) is 50.3 cm³/mol. The molecule has 3 nitrogen and oxygen atoms in total. The molecule has 0 bridgehead atoms. The molecule has 13 heavy (non-hydrogen) atoms. The van der Waals surface area contributed by atoms with Crippen molar-refractivity contribution in [1.82, 2.24) is 0 Å². The third-order valence-electron chi connectivity index (χ3n) is 2.40. The van der Waals surface area contributed by atoms with E-state index in [1.54, 1.807) is 12.1 Å². The summed E-state index contributed by atoms with van der Waals surface area (Å²) in [5.74, 6) is 0.157. The monoisotopic (exact) mass is 197 g/mol. The Labute approximate surface area is 77.5 Å². The van der Waals surface area contributed by atoms with Gasteiger partial charge in [0.2, 0.25) is 0 Å². The topological polar surface area (TPSA) is 60.2 Å². The van der Waals surface area contributed by atoms with E-state index in [9.17, 15) is 8.42 Å². The summed E-state index contributed by atoms with van der Waals surface area (Å²) in [6, 6.07) is 7.09. The van der Waals surface area contributed by atoms with Crippen LogP contribution in [-0.4, -0.2) is 20.7 Å². The quantitative estimate of drug-likeness (QED) is 0.713. The summed E-state index contributed by atoms with van der Waals surface area (Å²) < 4.78 is 23.1. The van der Waals surface area contributed by atoms with E-state index in [1.165, 1.54) is 0 Å². The van der Waals surface area contributed by atoms with Crippen LogP contribution in [0.15, 0.2) is 29.2 Å². The van der Waals surface area contributed by atoms with Gasteiger partial charge in [-0.3, -0.25) is 0 Å². The minimum Gasteiger partial charge on any atom is -0.330 e. The second-order valence-corrected chi connectivity index (χ2v) is 5.25. The van der Waals surface area contributed by atoms with Gasteiger partial charge in [-0.2, -0.15) is 0 Å². The molecule has 1 aromatic rings. The van der Waals surface area contributed by atoms with Crippen molar-refractivity contribution in [2.75, 3.05) is 12.3 Å². The Bertz CT molecular complexity index is 425. The van der Waals surface area contributed by atoms with Crippen molar-refractivity contribution in [3.8, 4) is 0 Å². The maximum absolute atomic E-state index is 11.6. The molecule has 1 heterocycles. The van der Waals surface area contributed by atoms with E-state index in [1.807, 2.05) is 12.1 Å². The van der Waals surface area contributed by atoms with E-state index in [-0.39, 0.29) is 11.7 Å². The highest BCUT2D eigenvalue weighted by atomic mass is 32.2. The molecule has 0 saturated heterocycles. The molecule has 0 amide bonds. The van der Waals surface area contributed by atoms with Gasteiger partial charge in [0.1, 0.15) is 0 Å². The molecule has 1 aliphatic rings. The third-order valence-corrected chi connectivity index (χ3v) is 4.28. The van der Waals surface area contributed by atoms with Crippen LogP contribution in [0.1, 0.15) is 11.5 Å². The van der Waals surface area contributed by atoms with Gasteiger partial charge in [-0.15, -0.1) is 0 Å². The number of rotatable bonds is 1. The molecule has 4 heteroatoms. The van der Waals surface area contributed by atoms with Crippen LogP contribution in [0.2, 0.25) is 0 Å². The normalized spacial score (nSPS) is 24.2. The fourth-order valence-corrected chi connectivity index (χ4v) is 3.65. The van der Waals surface area contributed by atoms with Gasteiger partial charge in [0.05, 0.1) is 10.6 Å². The van der Waals surface area contributed by atoms with Crippen LogP contribution in [-0.2, 0) is 9.84 Å². The Morgan fingerprint density at radius 2 is 2.08 bits per heavy atom. The molecule has 2 rings (SSSR count). The van der Waals surface area contributed by atoms with Gasteiger partial charge in [-0.05, 0) is 11.6 Å². The van der Waals surface area contributed by atoms with Crippen molar-refractivity contribution in [2.45, 2.75) is 10.8 Å². The summed E-state index contributed by atoms with van der Waals surface area (Å²) in [4.78, 5) is 0.463. The summed E-state index contributed by atoms with van der Waals surface area (Å²) in [6.45, 7) is 0.399. The highest BCUT2D eigenvalue weighted by molar-refractivity contribution is 7.91. The Hall–Kier alpha value is -0.870. The molecule has 70 valence electrons. The maximum atomic E-state index is 11.6. The van der Waals surface area contributed by atoms with Gasteiger partial charge in [-0.1, -0.05) is 18.2 Å². The van der Waals surface area contributed by atoms with Crippen molar-refractivity contribution in [2.24, 2.45) is 5.73 Å². The van der Waals surface area contributed by atoms with Crippen molar-refractivity contribution < 1.29 is 8.42 Å². The molecule has 1 atom stereocenters. The van der Waals surface area contributed by atoms with E-state index in [2.05, 4.69) is 0 Å². The lowest BCUT2D eigenvalue weighted by Gasteiger charge is -2.03. The van der Waals surface area contributed by atoms with Gasteiger partial charge in [0.15, 0.2) is 9.84 Å². The van der Waals surface area contributed by atoms with Gasteiger partial charge in [-0.25, -0.2) is 8.42 Å². The van der Waals surface area contributed by atoms with Crippen molar-refractivity contribution in [3.05, 3.63) is 29.8 Å². The van der Waals surface area contributed by atoms with Crippen LogP contribution in [0.5, 0.6) is 0 Å². The fraction of sp³-hybridized carbons (Fsp3) is 0.333. The Kier molecular flexibility index (Phi) is 1.89. The first-order valence-electron chi connectivity index (χ1n) is 4.17. The Balaban J connectivity index is 2.64. The SMILES string of the molecule is NC[C@H]1CS(=O)(=O)c2ccccc21. The lowest BCUT2D eigenvalue weighted by Crippen LogP contribution is -2.14. The highest BCUT2D eigenvalue weighted by Crippen LogP contribution is 2.33. The third kappa shape index (κ3) is 1.26. The number of hydrogen-bond donors (Lipinski definition) is 1. The molecule has 1 aromatic carbocycles. The van der Waals surface area contributed by atoms with Gasteiger partial charge >= 0.3 is 0 Å². The second kappa shape index (κ2) is 2.82. The lowest BCUT2D eigenvalue weighted by atomic mass is 10.0. The first kappa shape index (κ1) is 8.72. The minimum absolute atomic E-state index is 0.0128. The average Bonchev–Trinajstić information content (AvgIpc) is 2.39. The average molecular weight is 197 g/mol. The van der Waals surface area contributed by atoms with Crippen molar-refractivity contribution in [3.63, 3.8) is 0 Å². The fourth-order valence-electron chi connectivity index (χ4n) is 1.74. The Morgan fingerprint density at radius 3 is 2.77 bits per heavy atom. The second-order valence-electron chi connectivity index (χ2n) is 3.25. The van der Waals surface area contributed by atoms with Crippen LogP contribution < -0.4 is 5.73 Å². The van der Waals surface area contributed by atoms with Crippen LogP contribution in [0.3, 0.4) is 0 Å². The van der Waals surface area contributed by atoms with Crippen molar-refractivity contribution in [1.29, 1.82) is 0 Å². The summed E-state index contributed by atoms with van der Waals surface area (Å²) in [5.41, 5.74) is 6.38. The van der Waals surface area contributed by atoms with E-state index < -0.39 is 9.84 Å². The molecular weight excluding hydrogens is 186 g/mol. The number of hydrogen-bond acceptors (Lipinski definition) is 3. The molecular formula is C9H11NO2S. The Morgan fingerprint density at radius 1 is 1.38 bits per heavy atom. The van der Waals surface area contributed by atoms with Crippen molar-refractivity contribution >= 4 is 9.84 Å². The smallest absolute Gasteiger partial charge is 0.179 e. The molecule has 0 unspecified atom stereocenters. The van der Waals surface area contributed by atoms with Gasteiger partial charge in [0, 0.05) is 12.5 Å². The highest BCUT2D eigenvalue weighted by Gasteiger charge is 2.32. The van der Waals surface area contributed by atoms with E-state index in [0.717, 1.165) is 5.56 Å². The molecule has 0 aliphatic carbocycles. The predicted octanol–water partition coefficient (Wildman–Crippen LogP) is 0.516. The van der Waals surface area contributed by atoms with Gasteiger partial charge < -0.3 is 5.73 Å². The van der Waals surface area contributed by atoms with Crippen LogP contribution in [0.25, 0.3) is 0 Å². The largest absolute Gasteiger partial charge is 0.330 e. The summed E-state index contributed by atoms with van der Waals surface area (Å²) >= 11 is 0. The molecule has 0 aromatic heterocycles. The van der Waals surface area contributed by atoms with Crippen LogP contribution in [0, 0.1) is 0 Å². The van der Waals surface area contributed by atoms with E-state index >= 15 is 0 Å². The zero-order valence-corrected chi connectivity index (χ0v) is 7.92. The molecule has 1 aliphatic heterocycles. The number of fused-ring (bicyclic) bond motifs is 1. The molecule has 0 saturated carbocycles. The summed E-state index contributed by atoms with van der Waals surface area (Å²) in [6.07, 6.45) is 0. The number of sulfone groups is 1. The van der Waals surface area contributed by atoms with E-state index in [0.29, 0.717) is 11.4 Å². The number of nitrogens with two attached hydrogens (primary N) is 1. The first-order chi connectivity index (χ1) is 6.15. The molecule has 2 N–H and O–H groups in total. The van der Waals surface area contributed by atoms with Crippen LogP contribution >= 0.6 is 0 Å². The zero-order valence-electron chi connectivity index (χ0n) is 7.10. The van der Waals surface area contributed by atoms with E-state index in [4.69, 9.17) is 5.73 Å². The first-order valence-corrected chi connectivity index (χ1v) is 5.82. The number of benzene rings is 1. The summed E-state index contributed by atoms with van der Waals surface area (Å²) in [7, 11) is -3.05. The molecule has 0 radical (unpaired) electrons. The molecule has 0 fully saturated rings. The summed E-state index contributed by atoms with van der Waals surface area (Å²) in [5, 5.41) is 0.